The highest BCUT2D eigenvalue weighted by Gasteiger charge is 2.36. The summed E-state index contributed by atoms with van der Waals surface area (Å²) in [5, 5.41) is 0. The second-order valence-corrected chi connectivity index (χ2v) is 7.05. The van der Waals surface area contributed by atoms with Gasteiger partial charge in [0.2, 0.25) is 0 Å². The Morgan fingerprint density at radius 1 is 1.10 bits per heavy atom. The molecule has 0 saturated carbocycles. The lowest BCUT2D eigenvalue weighted by atomic mass is 10.0. The van der Waals surface area contributed by atoms with E-state index in [1.165, 1.54) is 12.3 Å². The lowest BCUT2D eigenvalue weighted by Crippen LogP contribution is -2.29. The molecule has 0 spiro atoms. The maximum Gasteiger partial charge on any atom is 0.417 e. The van der Waals surface area contributed by atoms with Crippen molar-refractivity contribution in [1.82, 2.24) is 14.9 Å². The molecule has 0 aliphatic carbocycles. The highest BCUT2D eigenvalue weighted by Crippen LogP contribution is 2.37. The molecule has 1 atom stereocenters. The standard InChI is InChI=1S/C22H16FN3O3/c23-14-6-7-15(24-11-14)10-19-16-3-1-2-4-17(16)21(27)26(19)12-13-5-8-18-20(9-13)29-22(28)25-18/h1-9,11,19H,10,12H2,(H,25,28). The molecule has 7 heteroatoms. The first kappa shape index (κ1) is 17.4. The van der Waals surface area contributed by atoms with E-state index >= 15 is 0 Å². The molecule has 1 aliphatic rings. The number of carbonyl (C=O) groups is 1. The Bertz CT molecular complexity index is 1280. The summed E-state index contributed by atoms with van der Waals surface area (Å²) in [5.41, 5.74) is 4.21. The molecule has 1 N–H and O–H groups in total. The largest absolute Gasteiger partial charge is 0.417 e. The molecule has 0 bridgehead atoms. The lowest BCUT2D eigenvalue weighted by Gasteiger charge is -2.25. The minimum absolute atomic E-state index is 0.0664. The molecule has 0 radical (unpaired) electrons. The summed E-state index contributed by atoms with van der Waals surface area (Å²) in [6, 6.07) is 15.7. The number of nitrogens with one attached hydrogen (secondary N) is 1. The zero-order valence-electron chi connectivity index (χ0n) is 15.3. The third kappa shape index (κ3) is 3.10. The Labute approximate surface area is 164 Å². The van der Waals surface area contributed by atoms with Crippen LogP contribution in [0.2, 0.25) is 0 Å². The quantitative estimate of drug-likeness (QED) is 0.578. The summed E-state index contributed by atoms with van der Waals surface area (Å²) in [6.45, 7) is 0.351. The number of nitrogens with zero attached hydrogens (tertiary/aromatic N) is 2. The second-order valence-electron chi connectivity index (χ2n) is 7.05. The van der Waals surface area contributed by atoms with Gasteiger partial charge >= 0.3 is 5.76 Å². The van der Waals surface area contributed by atoms with Gasteiger partial charge in [0.05, 0.1) is 17.8 Å². The van der Waals surface area contributed by atoms with Gasteiger partial charge < -0.3 is 9.32 Å². The maximum atomic E-state index is 13.2. The van der Waals surface area contributed by atoms with Crippen LogP contribution < -0.4 is 5.76 Å². The highest BCUT2D eigenvalue weighted by atomic mass is 19.1. The summed E-state index contributed by atoms with van der Waals surface area (Å²) in [4.78, 5) is 33.0. The summed E-state index contributed by atoms with van der Waals surface area (Å²) in [7, 11) is 0. The predicted octanol–water partition coefficient (Wildman–Crippen LogP) is 3.60. The highest BCUT2D eigenvalue weighted by molar-refractivity contribution is 5.99. The molecule has 6 nitrogen and oxygen atoms in total. The molecule has 0 saturated heterocycles. The molecule has 1 aliphatic heterocycles. The lowest BCUT2D eigenvalue weighted by molar-refractivity contribution is 0.0708. The summed E-state index contributed by atoms with van der Waals surface area (Å²) in [5.74, 6) is -0.972. The number of rotatable bonds is 4. The predicted molar refractivity (Wildman–Crippen MR) is 104 cm³/mol. The number of H-pyrrole nitrogens is 1. The molecule has 29 heavy (non-hydrogen) atoms. The van der Waals surface area contributed by atoms with Crippen LogP contribution in [0.5, 0.6) is 0 Å². The number of amides is 1. The van der Waals surface area contributed by atoms with E-state index in [-0.39, 0.29) is 11.9 Å². The van der Waals surface area contributed by atoms with Gasteiger partial charge in [0.15, 0.2) is 5.58 Å². The number of hydrogen-bond acceptors (Lipinski definition) is 4. The van der Waals surface area contributed by atoms with Gasteiger partial charge in [0.25, 0.3) is 5.91 Å². The van der Waals surface area contributed by atoms with E-state index in [9.17, 15) is 14.0 Å². The second kappa shape index (κ2) is 6.70. The van der Waals surface area contributed by atoms with Crippen LogP contribution in [0, 0.1) is 5.82 Å². The topological polar surface area (TPSA) is 79.2 Å². The number of aromatic nitrogens is 2. The van der Waals surface area contributed by atoms with Crippen molar-refractivity contribution in [2.24, 2.45) is 0 Å². The van der Waals surface area contributed by atoms with Crippen molar-refractivity contribution in [2.75, 3.05) is 0 Å². The SMILES string of the molecule is O=C1c2ccccc2C(Cc2ccc(F)cn2)N1Cc1ccc2[nH]c(=O)oc2c1. The molecule has 1 unspecified atom stereocenters. The first-order chi connectivity index (χ1) is 14.1. The number of carbonyl (C=O) groups excluding carboxylic acids is 1. The van der Waals surface area contributed by atoms with Crippen LogP contribution in [0.25, 0.3) is 11.1 Å². The van der Waals surface area contributed by atoms with Crippen molar-refractivity contribution in [3.05, 3.63) is 99.5 Å². The van der Waals surface area contributed by atoms with Crippen LogP contribution in [0.15, 0.2) is 70.0 Å². The van der Waals surface area contributed by atoms with Gasteiger partial charge in [-0.25, -0.2) is 9.18 Å². The minimum Gasteiger partial charge on any atom is -0.408 e. The summed E-state index contributed by atoms with van der Waals surface area (Å²) < 4.78 is 18.4. The van der Waals surface area contributed by atoms with Gasteiger partial charge in [-0.15, -0.1) is 0 Å². The normalized spacial score (nSPS) is 15.8. The van der Waals surface area contributed by atoms with Crippen LogP contribution in [0.1, 0.15) is 33.2 Å². The van der Waals surface area contributed by atoms with Crippen molar-refractivity contribution >= 4 is 17.0 Å². The third-order valence-corrected chi connectivity index (χ3v) is 5.22. The Morgan fingerprint density at radius 3 is 2.79 bits per heavy atom. The van der Waals surface area contributed by atoms with E-state index in [1.807, 2.05) is 30.3 Å². The summed E-state index contributed by atoms with van der Waals surface area (Å²) >= 11 is 0. The van der Waals surface area contributed by atoms with Crippen molar-refractivity contribution in [3.8, 4) is 0 Å². The van der Waals surface area contributed by atoms with Crippen molar-refractivity contribution in [1.29, 1.82) is 0 Å². The van der Waals surface area contributed by atoms with E-state index in [0.29, 0.717) is 35.3 Å². The first-order valence-electron chi connectivity index (χ1n) is 9.20. The molecule has 5 rings (SSSR count). The number of oxazole rings is 1. The molecule has 0 fully saturated rings. The molecule has 2 aromatic heterocycles. The Morgan fingerprint density at radius 2 is 1.97 bits per heavy atom. The fraction of sp³-hybridized carbons (Fsp3) is 0.136. The fourth-order valence-electron chi connectivity index (χ4n) is 3.86. The first-order valence-corrected chi connectivity index (χ1v) is 9.20. The number of hydrogen-bond donors (Lipinski definition) is 1. The molecular weight excluding hydrogens is 373 g/mol. The number of pyridine rings is 1. The molecule has 1 amide bonds. The molecule has 2 aromatic carbocycles. The third-order valence-electron chi connectivity index (χ3n) is 5.22. The number of benzene rings is 2. The Kier molecular flexibility index (Phi) is 4.01. The van der Waals surface area contributed by atoms with Crippen LogP contribution in [-0.4, -0.2) is 20.8 Å². The van der Waals surface area contributed by atoms with Crippen LogP contribution >= 0.6 is 0 Å². The van der Waals surface area contributed by atoms with Gasteiger partial charge in [-0.05, 0) is 41.5 Å². The van der Waals surface area contributed by atoms with E-state index < -0.39 is 11.6 Å². The maximum absolute atomic E-state index is 13.2. The average Bonchev–Trinajstić information content (AvgIpc) is 3.22. The van der Waals surface area contributed by atoms with E-state index in [0.717, 1.165) is 11.1 Å². The van der Waals surface area contributed by atoms with Gasteiger partial charge in [0.1, 0.15) is 5.82 Å². The van der Waals surface area contributed by atoms with Crippen molar-refractivity contribution in [3.63, 3.8) is 0 Å². The molecular formula is C22H16FN3O3. The Hall–Kier alpha value is -3.74. The monoisotopic (exact) mass is 389 g/mol. The Balaban J connectivity index is 1.50. The van der Waals surface area contributed by atoms with Gasteiger partial charge in [-0.2, -0.15) is 0 Å². The summed E-state index contributed by atoms with van der Waals surface area (Å²) in [6.07, 6.45) is 1.66. The molecule has 144 valence electrons. The van der Waals surface area contributed by atoms with Crippen molar-refractivity contribution in [2.45, 2.75) is 19.0 Å². The smallest absolute Gasteiger partial charge is 0.408 e. The molecule has 3 heterocycles. The number of aromatic amines is 1. The minimum atomic E-state index is -0.512. The van der Waals surface area contributed by atoms with E-state index in [2.05, 4.69) is 9.97 Å². The van der Waals surface area contributed by atoms with Gasteiger partial charge in [-0.1, -0.05) is 24.3 Å². The zero-order chi connectivity index (χ0) is 20.0. The van der Waals surface area contributed by atoms with Crippen LogP contribution in [0.3, 0.4) is 0 Å². The van der Waals surface area contributed by atoms with E-state index in [4.69, 9.17) is 4.42 Å². The zero-order valence-corrected chi connectivity index (χ0v) is 15.3. The van der Waals surface area contributed by atoms with Gasteiger partial charge in [0, 0.05) is 24.2 Å². The van der Waals surface area contributed by atoms with Crippen LogP contribution in [0.4, 0.5) is 4.39 Å². The number of halogens is 1. The number of fused-ring (bicyclic) bond motifs is 2. The van der Waals surface area contributed by atoms with Crippen molar-refractivity contribution < 1.29 is 13.6 Å². The average molecular weight is 389 g/mol. The molecule has 4 aromatic rings. The van der Waals surface area contributed by atoms with Gasteiger partial charge in [-0.3, -0.25) is 14.8 Å². The fourth-order valence-corrected chi connectivity index (χ4v) is 3.86. The van der Waals surface area contributed by atoms with E-state index in [1.54, 1.807) is 23.1 Å². The van der Waals surface area contributed by atoms with Crippen LogP contribution in [-0.2, 0) is 13.0 Å².